The summed E-state index contributed by atoms with van der Waals surface area (Å²) in [5.41, 5.74) is 0. The smallest absolute Gasteiger partial charge is 0.300 e. The summed E-state index contributed by atoms with van der Waals surface area (Å²) in [5, 5.41) is 7.42. The second-order valence-electron chi connectivity index (χ2n) is 0.519. The molecule has 24 valence electrons. The normalized spacial score (nSPS) is 6.25. The second-order valence-corrected chi connectivity index (χ2v) is 0.519. The Kier molecular flexibility index (Phi) is 0.759. The minimum Gasteiger partial charge on any atom is -0.481 e. The highest BCUT2D eigenvalue weighted by Gasteiger charge is 1.65. The van der Waals surface area contributed by atoms with E-state index in [1.54, 1.807) is 0 Å². The van der Waals surface area contributed by atoms with Gasteiger partial charge in [0.2, 0.25) is 0 Å². The van der Waals surface area contributed by atoms with E-state index >= 15 is 0 Å². The van der Waals surface area contributed by atoms with E-state index in [2.05, 4.69) is 0 Å². The van der Waals surface area contributed by atoms with Crippen LogP contribution in [-0.4, -0.2) is 11.1 Å². The number of hydrogen-bond acceptors (Lipinski definition) is 1. The molecule has 0 spiro atoms. The molecule has 0 rings (SSSR count). The van der Waals surface area contributed by atoms with E-state index < -0.39 is 5.97 Å². The summed E-state index contributed by atoms with van der Waals surface area (Å²) in [4.78, 5) is 9.00. The van der Waals surface area contributed by atoms with Gasteiger partial charge in [0.15, 0.2) is 0 Å². The van der Waals surface area contributed by atoms with E-state index in [1.165, 1.54) is 0 Å². The maximum Gasteiger partial charge on any atom is 0.300 e. The van der Waals surface area contributed by atoms with Crippen LogP contribution in [0.1, 0.15) is 6.92 Å². The molecule has 0 aliphatic carbocycles. The van der Waals surface area contributed by atoms with E-state index in [-0.39, 0.29) is 0 Å². The van der Waals surface area contributed by atoms with Crippen molar-refractivity contribution < 1.29 is 9.90 Å². The average molecular weight is 62.0 g/mol. The van der Waals surface area contributed by atoms with Crippen LogP contribution in [0, 0.1) is 0 Å². The second kappa shape index (κ2) is 0.875. The van der Waals surface area contributed by atoms with E-state index in [9.17, 15) is 0 Å². The van der Waals surface area contributed by atoms with Gasteiger partial charge in [-0.15, -0.1) is 0 Å². The topological polar surface area (TPSA) is 37.3 Å². The van der Waals surface area contributed by atoms with Gasteiger partial charge in [-0.25, -0.2) is 0 Å². The number of carbonyl (C=O) groups is 1. The monoisotopic (exact) mass is 62.0 g/mol. The van der Waals surface area contributed by atoms with Gasteiger partial charge in [0.25, 0.3) is 5.97 Å². The van der Waals surface area contributed by atoms with Gasteiger partial charge in [-0.1, -0.05) is 0 Å². The summed E-state index contributed by atoms with van der Waals surface area (Å²) in [7, 11) is 0. The van der Waals surface area contributed by atoms with Gasteiger partial charge in [-0.3, -0.25) is 4.79 Å². The molecule has 0 aromatic heterocycles. The maximum absolute atomic E-state index is 9.00. The standard InChI is InChI=1S/C2H4O2/c1-2(3)4/h1H3,(H,3,4)/i1+1,2+1. The first kappa shape index (κ1) is 3.47. The summed E-state index contributed by atoms with van der Waals surface area (Å²) in [6, 6.07) is 0. The number of aliphatic carboxylic acids is 1. The lowest BCUT2D eigenvalue weighted by atomic mass is 11.8. The largest absolute Gasteiger partial charge is 0.481 e. The van der Waals surface area contributed by atoms with Gasteiger partial charge in [-0.05, 0) is 0 Å². The van der Waals surface area contributed by atoms with Gasteiger partial charge in [0.1, 0.15) is 0 Å². The van der Waals surface area contributed by atoms with Crippen molar-refractivity contribution in [2.24, 2.45) is 0 Å². The third kappa shape index (κ3) is 1.16. The Hall–Kier alpha value is -0.530. The fourth-order valence-electron chi connectivity index (χ4n) is 0. The van der Waals surface area contributed by atoms with E-state index in [0.717, 1.165) is 6.92 Å². The van der Waals surface area contributed by atoms with Crippen molar-refractivity contribution in [2.75, 3.05) is 0 Å². The molecular formula is C2H4O2. The highest BCUT2D eigenvalue weighted by molar-refractivity contribution is 5.62. The Labute approximate surface area is 24.1 Å². The molecule has 0 aliphatic rings. The van der Waals surface area contributed by atoms with Crippen LogP contribution in [0.4, 0.5) is 0 Å². The van der Waals surface area contributed by atoms with Crippen LogP contribution in [0.25, 0.3) is 0 Å². The van der Waals surface area contributed by atoms with Crippen molar-refractivity contribution in [3.05, 3.63) is 0 Å². The zero-order valence-corrected chi connectivity index (χ0v) is 2.36. The first-order valence-corrected chi connectivity index (χ1v) is 0.928. The third-order valence-corrected chi connectivity index (χ3v) is 0. The van der Waals surface area contributed by atoms with Crippen molar-refractivity contribution >= 4 is 5.97 Å². The Morgan fingerprint density at radius 3 is 2.00 bits per heavy atom. The molecule has 0 saturated carbocycles. The lowest BCUT2D eigenvalue weighted by molar-refractivity contribution is -0.134. The Balaban J connectivity index is 2.80. The van der Waals surface area contributed by atoms with Gasteiger partial charge in [-0.2, -0.15) is 0 Å². The average Bonchev–Trinajstić information content (AvgIpc) is 0.811. The minimum absolute atomic E-state index is 0.833. The van der Waals surface area contributed by atoms with E-state index in [4.69, 9.17) is 9.90 Å². The number of rotatable bonds is 0. The predicted octanol–water partition coefficient (Wildman–Crippen LogP) is 0.0909. The van der Waals surface area contributed by atoms with Gasteiger partial charge in [0.05, 0.1) is 0 Å². The highest BCUT2D eigenvalue weighted by Crippen LogP contribution is 1.42. The molecule has 0 fully saturated rings. The van der Waals surface area contributed by atoms with Gasteiger partial charge < -0.3 is 5.11 Å². The zero-order chi connectivity index (χ0) is 3.58. The van der Waals surface area contributed by atoms with Crippen LogP contribution in [0.3, 0.4) is 0 Å². The molecule has 1 N–H and O–H groups in total. The van der Waals surface area contributed by atoms with Crippen LogP contribution in [0.2, 0.25) is 0 Å². The lowest BCUT2D eigenvalue weighted by Gasteiger charge is -1.59. The first-order chi connectivity index (χ1) is 1.73. The molecule has 0 aliphatic heterocycles. The Morgan fingerprint density at radius 1 is 2.00 bits per heavy atom. The van der Waals surface area contributed by atoms with Crippen molar-refractivity contribution in [3.63, 3.8) is 0 Å². The molecule has 4 heavy (non-hydrogen) atoms. The lowest BCUT2D eigenvalue weighted by Crippen LogP contribution is -1.78. The molecule has 0 unspecified atom stereocenters. The molecular weight excluding hydrogens is 58.0 g/mol. The number of carboxylic acid groups (broad SMARTS) is 1. The SMILES string of the molecule is [13CH3][13C](=O)O. The summed E-state index contributed by atoms with van der Waals surface area (Å²) < 4.78 is 0. The molecule has 0 aromatic carbocycles. The molecule has 2 heteroatoms. The maximum atomic E-state index is 9.00. The zero-order valence-electron chi connectivity index (χ0n) is 2.36. The minimum atomic E-state index is -0.833. The Morgan fingerprint density at radius 2 is 2.00 bits per heavy atom. The van der Waals surface area contributed by atoms with Crippen molar-refractivity contribution in [1.29, 1.82) is 0 Å². The molecule has 0 aromatic rings. The van der Waals surface area contributed by atoms with Crippen LogP contribution in [0.15, 0.2) is 0 Å². The quantitative estimate of drug-likeness (QED) is 0.404. The third-order valence-electron chi connectivity index (χ3n) is 0. The van der Waals surface area contributed by atoms with Crippen LogP contribution >= 0.6 is 0 Å². The van der Waals surface area contributed by atoms with Crippen molar-refractivity contribution in [1.82, 2.24) is 0 Å². The summed E-state index contributed by atoms with van der Waals surface area (Å²) >= 11 is 0. The predicted molar refractivity (Wildman–Crippen MR) is 13.3 cm³/mol. The highest BCUT2D eigenvalue weighted by atomic mass is 16.5. The molecule has 0 heterocycles. The molecule has 0 bridgehead atoms. The van der Waals surface area contributed by atoms with Crippen LogP contribution in [0.5, 0.6) is 0 Å². The van der Waals surface area contributed by atoms with Crippen LogP contribution in [-0.2, 0) is 4.79 Å². The Bertz CT molecular complexity index is 27.0. The number of carboxylic acids is 1. The van der Waals surface area contributed by atoms with E-state index in [1.807, 2.05) is 0 Å². The van der Waals surface area contributed by atoms with Gasteiger partial charge >= 0.3 is 0 Å². The summed E-state index contributed by atoms with van der Waals surface area (Å²) in [5.74, 6) is -0.833. The summed E-state index contributed by atoms with van der Waals surface area (Å²) in [6.07, 6.45) is 0. The fourth-order valence-corrected chi connectivity index (χ4v) is 0. The van der Waals surface area contributed by atoms with Crippen molar-refractivity contribution in [2.45, 2.75) is 6.92 Å². The fraction of sp³-hybridized carbons (Fsp3) is 0.500. The number of hydrogen-bond donors (Lipinski definition) is 1. The van der Waals surface area contributed by atoms with Gasteiger partial charge in [0, 0.05) is 6.92 Å². The summed E-state index contributed by atoms with van der Waals surface area (Å²) in [6.45, 7) is 1.08. The molecule has 0 amide bonds. The molecule has 2 nitrogen and oxygen atoms in total. The molecule has 0 radical (unpaired) electrons. The van der Waals surface area contributed by atoms with Crippen molar-refractivity contribution in [3.8, 4) is 0 Å². The van der Waals surface area contributed by atoms with Crippen LogP contribution < -0.4 is 0 Å². The molecule has 0 saturated heterocycles. The first-order valence-electron chi connectivity index (χ1n) is 0.928. The molecule has 0 atom stereocenters. The van der Waals surface area contributed by atoms with E-state index in [0.29, 0.717) is 0 Å².